The molecule has 0 spiro atoms. The number of rotatable bonds is 14. The van der Waals surface area contributed by atoms with Crippen LogP contribution in [0.4, 0.5) is 4.39 Å². The lowest BCUT2D eigenvalue weighted by atomic mass is 10.1. The van der Waals surface area contributed by atoms with Gasteiger partial charge < -0.3 is 28.7 Å². The highest BCUT2D eigenvalue weighted by Gasteiger charge is 2.43. The normalized spacial score (nSPS) is 16.9. The lowest BCUT2D eigenvalue weighted by molar-refractivity contribution is -0.263. The zero-order valence-electron chi connectivity index (χ0n) is 22.9. The van der Waals surface area contributed by atoms with Gasteiger partial charge in [-0.05, 0) is 51.0 Å². The van der Waals surface area contributed by atoms with E-state index in [0.29, 0.717) is 11.1 Å². The molecule has 0 saturated carbocycles. The molecule has 2 aromatic carbocycles. The highest BCUT2D eigenvalue weighted by Crippen LogP contribution is 2.48. The number of carbonyl (C=O) groups is 1. The molecular weight excluding hydrogens is 580 g/mol. The Morgan fingerprint density at radius 2 is 1.83 bits per heavy atom. The molecule has 0 fully saturated rings. The number of nitrogens with one attached hydrogen (secondary N) is 2. The fourth-order valence-corrected chi connectivity index (χ4v) is 6.00. The fraction of sp³-hybridized carbons (Fsp3) is 0.423. The van der Waals surface area contributed by atoms with Gasteiger partial charge in [0.05, 0.1) is 12.7 Å². The molecule has 3 aromatic rings. The van der Waals surface area contributed by atoms with Gasteiger partial charge in [-0.1, -0.05) is 36.4 Å². The van der Waals surface area contributed by atoms with Crippen molar-refractivity contribution in [3.8, 4) is 5.75 Å². The van der Waals surface area contributed by atoms with Crippen molar-refractivity contribution >= 4 is 35.2 Å². The number of nitrogens with zero attached hydrogens (tertiary/aromatic N) is 1. The molecule has 15 heteroatoms. The molecule has 5 atom stereocenters. The first-order valence-corrected chi connectivity index (χ1v) is 15.3. The summed E-state index contributed by atoms with van der Waals surface area (Å²) in [5.41, 5.74) is -1.69. The number of benzene rings is 2. The maximum Gasteiger partial charge on any atom is 0.330 e. The van der Waals surface area contributed by atoms with E-state index in [2.05, 4.69) is 5.09 Å². The minimum absolute atomic E-state index is 0.291. The van der Waals surface area contributed by atoms with E-state index in [1.807, 2.05) is 23.2 Å². The van der Waals surface area contributed by atoms with Crippen LogP contribution in [0.1, 0.15) is 33.9 Å². The number of aromatic nitrogens is 2. The van der Waals surface area contributed by atoms with Gasteiger partial charge in [0.15, 0.2) is 6.23 Å². The SMILES string of the molecule is CC(C)OC(=O)[C@H](C)NP(=S)(OC[C@@](F)(O[C@H](CO)n1ccc(=O)[nH]c1=O)[C@H](C)O)Oc1cccc2ccccc12. The maximum absolute atomic E-state index is 16.1. The third-order valence-corrected chi connectivity index (χ3v) is 8.20. The zero-order valence-corrected chi connectivity index (χ0v) is 24.6. The van der Waals surface area contributed by atoms with Gasteiger partial charge in [0.2, 0.25) is 0 Å². The third-order valence-electron chi connectivity index (χ3n) is 5.73. The number of alkyl halides is 1. The van der Waals surface area contributed by atoms with Gasteiger partial charge in [-0.15, -0.1) is 0 Å². The van der Waals surface area contributed by atoms with Crippen LogP contribution in [0.3, 0.4) is 0 Å². The number of aliphatic hydroxyl groups excluding tert-OH is 2. The van der Waals surface area contributed by atoms with Crippen molar-refractivity contribution in [2.24, 2.45) is 0 Å². The van der Waals surface area contributed by atoms with Gasteiger partial charge in [0, 0.05) is 17.6 Å². The first-order chi connectivity index (χ1) is 19.3. The molecule has 1 unspecified atom stereocenters. The molecule has 0 radical (unpaired) electrons. The number of fused-ring (bicyclic) bond motifs is 1. The van der Waals surface area contributed by atoms with Gasteiger partial charge in [-0.3, -0.25) is 19.1 Å². The lowest BCUT2D eigenvalue weighted by Gasteiger charge is -2.34. The van der Waals surface area contributed by atoms with Crippen LogP contribution < -0.4 is 20.9 Å². The number of hydrogen-bond acceptors (Lipinski definition) is 10. The summed E-state index contributed by atoms with van der Waals surface area (Å²) in [6.45, 7) is 0.141. The molecule has 0 aliphatic heterocycles. The Bertz CT molecular complexity index is 1510. The lowest BCUT2D eigenvalue weighted by Crippen LogP contribution is -2.47. The molecule has 1 heterocycles. The highest BCUT2D eigenvalue weighted by atomic mass is 32.5. The van der Waals surface area contributed by atoms with Gasteiger partial charge in [0.25, 0.3) is 11.4 Å². The van der Waals surface area contributed by atoms with Gasteiger partial charge in [0.1, 0.15) is 24.5 Å². The molecule has 12 nitrogen and oxygen atoms in total. The van der Waals surface area contributed by atoms with E-state index < -0.39 is 67.4 Å². The average molecular weight is 614 g/mol. The number of halogens is 1. The second-order valence-corrected chi connectivity index (χ2v) is 12.5. The smallest absolute Gasteiger partial charge is 0.330 e. The Balaban J connectivity index is 1.93. The number of H-pyrrole nitrogens is 1. The van der Waals surface area contributed by atoms with Crippen molar-refractivity contribution in [1.82, 2.24) is 14.6 Å². The summed E-state index contributed by atoms with van der Waals surface area (Å²) < 4.78 is 39.3. The van der Waals surface area contributed by atoms with Gasteiger partial charge >= 0.3 is 18.3 Å². The van der Waals surface area contributed by atoms with Crippen molar-refractivity contribution in [3.05, 3.63) is 75.6 Å². The van der Waals surface area contributed by atoms with Crippen LogP contribution in [0.15, 0.2) is 64.3 Å². The van der Waals surface area contributed by atoms with Crippen LogP contribution in [0.25, 0.3) is 10.8 Å². The Kier molecular flexibility index (Phi) is 11.0. The van der Waals surface area contributed by atoms with Crippen molar-refractivity contribution in [2.45, 2.75) is 58.0 Å². The zero-order chi connectivity index (χ0) is 30.4. The van der Waals surface area contributed by atoms with Crippen LogP contribution in [0, 0.1) is 0 Å². The molecule has 41 heavy (non-hydrogen) atoms. The van der Waals surface area contributed by atoms with E-state index in [9.17, 15) is 24.6 Å². The van der Waals surface area contributed by atoms with E-state index in [1.165, 1.54) is 6.92 Å². The summed E-state index contributed by atoms with van der Waals surface area (Å²) in [5.74, 6) is -3.41. The topological polar surface area (TPSA) is 161 Å². The minimum Gasteiger partial charge on any atom is -0.462 e. The van der Waals surface area contributed by atoms with Crippen LogP contribution in [0.5, 0.6) is 5.75 Å². The van der Waals surface area contributed by atoms with Crippen molar-refractivity contribution in [3.63, 3.8) is 0 Å². The molecular formula is C26H33FN3O9PS. The summed E-state index contributed by atoms with van der Waals surface area (Å²) in [5, 5.41) is 24.4. The van der Waals surface area contributed by atoms with E-state index >= 15 is 4.39 Å². The number of hydrogen-bond donors (Lipinski definition) is 4. The number of carbonyl (C=O) groups excluding carboxylic acids is 1. The summed E-state index contributed by atoms with van der Waals surface area (Å²) in [4.78, 5) is 38.1. The maximum atomic E-state index is 16.1. The Morgan fingerprint density at radius 3 is 2.46 bits per heavy atom. The predicted molar refractivity (Wildman–Crippen MR) is 153 cm³/mol. The van der Waals surface area contributed by atoms with Crippen molar-refractivity contribution in [2.75, 3.05) is 13.2 Å². The molecule has 0 saturated heterocycles. The minimum atomic E-state index is -3.80. The molecule has 0 aliphatic carbocycles. The Morgan fingerprint density at radius 1 is 1.15 bits per heavy atom. The van der Waals surface area contributed by atoms with Crippen LogP contribution >= 0.6 is 6.64 Å². The highest BCUT2D eigenvalue weighted by molar-refractivity contribution is 8.09. The largest absolute Gasteiger partial charge is 0.462 e. The van der Waals surface area contributed by atoms with E-state index in [-0.39, 0.29) is 0 Å². The quantitative estimate of drug-likeness (QED) is 0.156. The van der Waals surface area contributed by atoms with Crippen molar-refractivity contribution < 1.29 is 37.9 Å². The van der Waals surface area contributed by atoms with Gasteiger partial charge in [-0.25, -0.2) is 14.3 Å². The molecule has 1 aromatic heterocycles. The first-order valence-electron chi connectivity index (χ1n) is 12.6. The van der Waals surface area contributed by atoms with Crippen LogP contribution in [-0.4, -0.2) is 63.1 Å². The number of esters is 1. The molecule has 3 rings (SSSR count). The summed E-state index contributed by atoms with van der Waals surface area (Å²) in [6.07, 6.45) is -2.94. The monoisotopic (exact) mass is 613 g/mol. The average Bonchev–Trinajstić information content (AvgIpc) is 2.90. The van der Waals surface area contributed by atoms with Crippen LogP contribution in [-0.2, 0) is 30.6 Å². The van der Waals surface area contributed by atoms with E-state index in [0.717, 1.165) is 29.1 Å². The van der Waals surface area contributed by atoms with Crippen LogP contribution in [0.2, 0.25) is 0 Å². The second-order valence-electron chi connectivity index (χ2n) is 9.41. The number of ether oxygens (including phenoxy) is 2. The summed E-state index contributed by atoms with van der Waals surface area (Å²) >= 11 is 5.68. The molecule has 0 aliphatic rings. The second kappa shape index (κ2) is 13.8. The first kappa shape index (κ1) is 32.5. The molecule has 0 amide bonds. The number of aliphatic hydroxyl groups is 2. The van der Waals surface area contributed by atoms with Crippen molar-refractivity contribution in [1.29, 1.82) is 0 Å². The predicted octanol–water partition coefficient (Wildman–Crippen LogP) is 2.49. The fourth-order valence-electron chi connectivity index (χ4n) is 3.61. The Labute approximate surface area is 240 Å². The molecule has 0 bridgehead atoms. The van der Waals surface area contributed by atoms with E-state index in [1.54, 1.807) is 38.1 Å². The third kappa shape index (κ3) is 8.52. The van der Waals surface area contributed by atoms with Gasteiger partial charge in [-0.2, -0.15) is 0 Å². The van der Waals surface area contributed by atoms with E-state index in [4.69, 9.17) is 30.3 Å². The molecule has 224 valence electrons. The Hall–Kier alpha value is -2.97. The standard InChI is InChI=1S/C26H33FN3O9PS/c1-16(2)37-24(34)17(3)29-40(41,39-21-11-7-9-19-8-5-6-10-20(19)21)36-15-26(27,18(4)32)38-23(14-31)30-13-12-22(33)28-25(30)35/h5-13,16-18,23,31-32H,14-15H2,1-4H3,(H,29,41)(H,28,33,35)/t17-,18-,23+,26+,40?/m0/s1. The number of aromatic amines is 1. The molecule has 4 N–H and O–H groups in total. The summed E-state index contributed by atoms with van der Waals surface area (Å²) in [7, 11) is 0. The summed E-state index contributed by atoms with van der Waals surface area (Å²) in [6, 6.07) is 12.4.